The molecule has 1 aliphatic carbocycles. The van der Waals surface area contributed by atoms with Crippen molar-refractivity contribution in [1.29, 1.82) is 0 Å². The van der Waals surface area contributed by atoms with Crippen LogP contribution in [0.3, 0.4) is 0 Å². The van der Waals surface area contributed by atoms with Gasteiger partial charge in [0.1, 0.15) is 0 Å². The van der Waals surface area contributed by atoms with E-state index in [1.807, 2.05) is 0 Å². The van der Waals surface area contributed by atoms with E-state index in [2.05, 4.69) is 36.1 Å². The van der Waals surface area contributed by atoms with Gasteiger partial charge in [0.25, 0.3) is 0 Å². The molecule has 2 heteroatoms. The lowest BCUT2D eigenvalue weighted by Crippen LogP contribution is -2.52. The second kappa shape index (κ2) is 6.31. The SMILES string of the molecule is CCc1ccc(CC(=O)C2(N3CCCC3)CCCC2)cc1. The number of carbonyl (C=O) groups is 1. The zero-order valence-corrected chi connectivity index (χ0v) is 13.2. The number of likely N-dealkylation sites (tertiary alicyclic amines) is 1. The molecular weight excluding hydrogens is 258 g/mol. The van der Waals surface area contributed by atoms with E-state index in [9.17, 15) is 4.79 Å². The van der Waals surface area contributed by atoms with Crippen LogP contribution in [0.1, 0.15) is 56.6 Å². The van der Waals surface area contributed by atoms with Crippen LogP contribution in [0, 0.1) is 0 Å². The fourth-order valence-electron chi connectivity index (χ4n) is 4.12. The Morgan fingerprint density at radius 3 is 2.14 bits per heavy atom. The van der Waals surface area contributed by atoms with Crippen LogP contribution in [0.4, 0.5) is 0 Å². The second-order valence-corrected chi connectivity index (χ2v) is 6.70. The molecule has 0 amide bonds. The van der Waals surface area contributed by atoms with Crippen molar-refractivity contribution >= 4 is 5.78 Å². The van der Waals surface area contributed by atoms with Crippen molar-refractivity contribution in [1.82, 2.24) is 4.90 Å². The van der Waals surface area contributed by atoms with Crippen molar-refractivity contribution in [3.05, 3.63) is 35.4 Å². The highest BCUT2D eigenvalue weighted by Crippen LogP contribution is 2.38. The standard InChI is InChI=1S/C19H27NO/c1-2-16-7-9-17(10-8-16)15-18(21)19(11-3-4-12-19)20-13-5-6-14-20/h7-10H,2-6,11-15H2,1H3. The molecule has 0 aromatic heterocycles. The first kappa shape index (κ1) is 14.8. The molecule has 0 radical (unpaired) electrons. The Bertz CT molecular complexity index is 479. The van der Waals surface area contributed by atoms with Crippen molar-refractivity contribution in [2.24, 2.45) is 0 Å². The van der Waals surface area contributed by atoms with E-state index in [0.717, 1.165) is 32.4 Å². The maximum atomic E-state index is 13.0. The predicted octanol–water partition coefficient (Wildman–Crippen LogP) is 3.77. The van der Waals surface area contributed by atoms with Crippen molar-refractivity contribution < 1.29 is 4.79 Å². The number of ketones is 1. The predicted molar refractivity (Wildman–Crippen MR) is 86.5 cm³/mol. The van der Waals surface area contributed by atoms with E-state index >= 15 is 0 Å². The molecule has 114 valence electrons. The Labute approximate surface area is 128 Å². The second-order valence-electron chi connectivity index (χ2n) is 6.70. The molecule has 0 bridgehead atoms. The maximum Gasteiger partial charge on any atom is 0.157 e. The molecule has 0 N–H and O–H groups in total. The van der Waals surface area contributed by atoms with Crippen molar-refractivity contribution in [2.75, 3.05) is 13.1 Å². The van der Waals surface area contributed by atoms with Crippen LogP contribution in [-0.4, -0.2) is 29.3 Å². The number of benzene rings is 1. The first-order valence-corrected chi connectivity index (χ1v) is 8.61. The van der Waals surface area contributed by atoms with Crippen LogP contribution in [0.2, 0.25) is 0 Å². The first-order chi connectivity index (χ1) is 10.2. The third-order valence-corrected chi connectivity index (χ3v) is 5.46. The molecule has 0 unspecified atom stereocenters. The fourth-order valence-corrected chi connectivity index (χ4v) is 4.12. The van der Waals surface area contributed by atoms with Gasteiger partial charge in [0.05, 0.1) is 5.54 Å². The topological polar surface area (TPSA) is 20.3 Å². The summed E-state index contributed by atoms with van der Waals surface area (Å²) in [7, 11) is 0. The minimum atomic E-state index is -0.125. The lowest BCUT2D eigenvalue weighted by Gasteiger charge is -2.37. The van der Waals surface area contributed by atoms with Gasteiger partial charge >= 0.3 is 0 Å². The number of hydrogen-bond donors (Lipinski definition) is 0. The van der Waals surface area contributed by atoms with E-state index in [4.69, 9.17) is 0 Å². The van der Waals surface area contributed by atoms with E-state index in [1.54, 1.807) is 0 Å². The average molecular weight is 285 g/mol. The third kappa shape index (κ3) is 2.91. The average Bonchev–Trinajstić information content (AvgIpc) is 3.19. The zero-order valence-electron chi connectivity index (χ0n) is 13.2. The monoisotopic (exact) mass is 285 g/mol. The Morgan fingerprint density at radius 2 is 1.57 bits per heavy atom. The van der Waals surface area contributed by atoms with Crippen molar-refractivity contribution in [3.8, 4) is 0 Å². The first-order valence-electron chi connectivity index (χ1n) is 8.61. The van der Waals surface area contributed by atoms with E-state index in [0.29, 0.717) is 12.2 Å². The molecule has 2 nitrogen and oxygen atoms in total. The number of Topliss-reactive ketones (excluding diaryl/α,β-unsaturated/α-hetero) is 1. The van der Waals surface area contributed by atoms with Gasteiger partial charge in [-0.15, -0.1) is 0 Å². The minimum absolute atomic E-state index is 0.125. The van der Waals surface area contributed by atoms with Crippen molar-refractivity contribution in [2.45, 2.75) is 63.8 Å². The number of nitrogens with zero attached hydrogens (tertiary/aromatic N) is 1. The molecule has 3 rings (SSSR count). The Morgan fingerprint density at radius 1 is 1.00 bits per heavy atom. The number of carbonyl (C=O) groups excluding carboxylic acids is 1. The molecule has 2 fully saturated rings. The molecule has 1 saturated heterocycles. The van der Waals surface area contributed by atoms with E-state index < -0.39 is 0 Å². The lowest BCUT2D eigenvalue weighted by molar-refractivity contribution is -0.129. The Balaban J connectivity index is 1.74. The molecule has 1 aromatic rings. The van der Waals surface area contributed by atoms with Gasteiger partial charge in [0.15, 0.2) is 5.78 Å². The van der Waals surface area contributed by atoms with Crippen LogP contribution in [-0.2, 0) is 17.6 Å². The van der Waals surface area contributed by atoms with E-state index in [1.165, 1.54) is 36.8 Å². The molecule has 21 heavy (non-hydrogen) atoms. The minimum Gasteiger partial charge on any atom is -0.297 e. The molecule has 1 saturated carbocycles. The molecule has 1 heterocycles. The van der Waals surface area contributed by atoms with Crippen LogP contribution < -0.4 is 0 Å². The normalized spacial score (nSPS) is 21.8. The van der Waals surface area contributed by atoms with Crippen LogP contribution in [0.25, 0.3) is 0 Å². The molecule has 0 spiro atoms. The lowest BCUT2D eigenvalue weighted by atomic mass is 9.86. The van der Waals surface area contributed by atoms with Gasteiger partial charge < -0.3 is 0 Å². The quantitative estimate of drug-likeness (QED) is 0.821. The van der Waals surface area contributed by atoms with Gasteiger partial charge in [0, 0.05) is 6.42 Å². The molecule has 1 aromatic carbocycles. The molecule has 0 atom stereocenters. The van der Waals surface area contributed by atoms with Gasteiger partial charge in [-0.05, 0) is 56.3 Å². The third-order valence-electron chi connectivity index (χ3n) is 5.46. The van der Waals surface area contributed by atoms with E-state index in [-0.39, 0.29) is 5.54 Å². The summed E-state index contributed by atoms with van der Waals surface area (Å²) in [5.41, 5.74) is 2.41. The molecular formula is C19H27NO. The highest BCUT2D eigenvalue weighted by atomic mass is 16.1. The Hall–Kier alpha value is -1.15. The summed E-state index contributed by atoms with van der Waals surface area (Å²) < 4.78 is 0. The Kier molecular flexibility index (Phi) is 4.44. The number of aryl methyl sites for hydroxylation is 1. The van der Waals surface area contributed by atoms with Gasteiger partial charge in [-0.25, -0.2) is 0 Å². The van der Waals surface area contributed by atoms with Crippen LogP contribution in [0.5, 0.6) is 0 Å². The summed E-state index contributed by atoms with van der Waals surface area (Å²) in [6, 6.07) is 8.62. The smallest absolute Gasteiger partial charge is 0.157 e. The highest BCUT2D eigenvalue weighted by Gasteiger charge is 2.45. The van der Waals surface area contributed by atoms with Gasteiger partial charge in [-0.1, -0.05) is 44.0 Å². The van der Waals surface area contributed by atoms with Crippen molar-refractivity contribution in [3.63, 3.8) is 0 Å². The number of rotatable bonds is 5. The largest absolute Gasteiger partial charge is 0.297 e. The maximum absolute atomic E-state index is 13.0. The summed E-state index contributed by atoms with van der Waals surface area (Å²) in [6.45, 7) is 4.42. The number of hydrogen-bond acceptors (Lipinski definition) is 2. The summed E-state index contributed by atoms with van der Waals surface area (Å²) in [5, 5.41) is 0. The summed E-state index contributed by atoms with van der Waals surface area (Å²) in [6.07, 6.45) is 8.80. The summed E-state index contributed by atoms with van der Waals surface area (Å²) in [4.78, 5) is 15.5. The molecule has 2 aliphatic rings. The molecule has 1 aliphatic heterocycles. The van der Waals surface area contributed by atoms with Gasteiger partial charge in [-0.2, -0.15) is 0 Å². The summed E-state index contributed by atoms with van der Waals surface area (Å²) in [5.74, 6) is 0.464. The van der Waals surface area contributed by atoms with Crippen LogP contribution >= 0.6 is 0 Å². The van der Waals surface area contributed by atoms with Crippen LogP contribution in [0.15, 0.2) is 24.3 Å². The fraction of sp³-hybridized carbons (Fsp3) is 0.632. The summed E-state index contributed by atoms with van der Waals surface area (Å²) >= 11 is 0. The van der Waals surface area contributed by atoms with Gasteiger partial charge in [-0.3, -0.25) is 9.69 Å². The highest BCUT2D eigenvalue weighted by molar-refractivity contribution is 5.90. The van der Waals surface area contributed by atoms with Gasteiger partial charge in [0.2, 0.25) is 0 Å². The zero-order chi connectivity index (χ0) is 14.7.